The zero-order valence-corrected chi connectivity index (χ0v) is 16.2. The van der Waals surface area contributed by atoms with Crippen molar-refractivity contribution in [2.45, 2.75) is 19.3 Å². The van der Waals surface area contributed by atoms with Gasteiger partial charge in [-0.2, -0.15) is 0 Å². The van der Waals surface area contributed by atoms with E-state index >= 15 is 0 Å². The lowest BCUT2D eigenvalue weighted by Crippen LogP contribution is -2.25. The van der Waals surface area contributed by atoms with Gasteiger partial charge in [0, 0.05) is 31.0 Å². The summed E-state index contributed by atoms with van der Waals surface area (Å²) in [6.45, 7) is 0.971. The molecule has 3 rings (SSSR count). The minimum Gasteiger partial charge on any atom is -0.491 e. The molecule has 0 radical (unpaired) electrons. The first-order valence-electron chi connectivity index (χ1n) is 8.65. The number of pyridine rings is 1. The predicted molar refractivity (Wildman–Crippen MR) is 108 cm³/mol. The highest BCUT2D eigenvalue weighted by Crippen LogP contribution is 2.23. The van der Waals surface area contributed by atoms with E-state index < -0.39 is 0 Å². The van der Waals surface area contributed by atoms with Gasteiger partial charge in [0.2, 0.25) is 5.91 Å². The number of para-hydroxylation sites is 1. The molecule has 0 saturated carbocycles. The monoisotopic (exact) mass is 402 g/mol. The van der Waals surface area contributed by atoms with Gasteiger partial charge in [-0.15, -0.1) is 11.3 Å². The van der Waals surface area contributed by atoms with Gasteiger partial charge < -0.3 is 10.1 Å². The first-order chi connectivity index (χ1) is 13.1. The van der Waals surface area contributed by atoms with E-state index in [1.54, 1.807) is 18.3 Å². The summed E-state index contributed by atoms with van der Waals surface area (Å²) in [5, 5.41) is 3.84. The summed E-state index contributed by atoms with van der Waals surface area (Å²) in [4.78, 5) is 28.7. The fourth-order valence-electron chi connectivity index (χ4n) is 2.58. The number of hydrogen-bond donors (Lipinski definition) is 1. The highest BCUT2D eigenvalue weighted by Gasteiger charge is 2.11. The summed E-state index contributed by atoms with van der Waals surface area (Å²) in [5.74, 6) is 0.534. The van der Waals surface area contributed by atoms with Gasteiger partial charge in [-0.25, -0.2) is 0 Å². The fourth-order valence-corrected chi connectivity index (χ4v) is 3.59. The van der Waals surface area contributed by atoms with Crippen LogP contribution in [0.1, 0.15) is 28.9 Å². The van der Waals surface area contributed by atoms with Crippen molar-refractivity contribution in [3.8, 4) is 5.75 Å². The molecule has 2 heterocycles. The van der Waals surface area contributed by atoms with Gasteiger partial charge in [-0.3, -0.25) is 14.6 Å². The fraction of sp³-hybridized carbons (Fsp3) is 0.250. The van der Waals surface area contributed by atoms with E-state index in [0.717, 1.165) is 16.7 Å². The van der Waals surface area contributed by atoms with E-state index in [-0.39, 0.29) is 24.5 Å². The van der Waals surface area contributed by atoms with Crippen LogP contribution in [0.5, 0.6) is 5.75 Å². The van der Waals surface area contributed by atoms with E-state index in [9.17, 15) is 9.59 Å². The molecule has 5 nitrogen and oxygen atoms in total. The predicted octanol–water partition coefficient (Wildman–Crippen LogP) is 4.50. The van der Waals surface area contributed by atoms with Gasteiger partial charge in [-0.1, -0.05) is 29.8 Å². The second kappa shape index (κ2) is 9.48. The minimum absolute atomic E-state index is 0.0613. The molecule has 0 unspecified atom stereocenters. The zero-order chi connectivity index (χ0) is 19.1. The standard InChI is InChI=1S/C20H19ClN2O3S/c21-18-9-8-17(27-18)15(24)7-10-19(25)22-12-3-13-26-16-6-1-4-14-5-2-11-23-20(14)16/h1-2,4-6,8-9,11H,3,7,10,12-13H2,(H,22,25). The van der Waals surface area contributed by atoms with Gasteiger partial charge in [0.15, 0.2) is 5.78 Å². The maximum Gasteiger partial charge on any atom is 0.220 e. The summed E-state index contributed by atoms with van der Waals surface area (Å²) in [6.07, 6.45) is 2.76. The van der Waals surface area contributed by atoms with E-state index in [4.69, 9.17) is 16.3 Å². The Kier molecular flexibility index (Phi) is 6.79. The first kappa shape index (κ1) is 19.3. The third-order valence-electron chi connectivity index (χ3n) is 3.92. The lowest BCUT2D eigenvalue weighted by Gasteiger charge is -2.09. The summed E-state index contributed by atoms with van der Waals surface area (Å²) >= 11 is 7.05. The van der Waals surface area contributed by atoms with E-state index in [1.807, 2.05) is 30.3 Å². The summed E-state index contributed by atoms with van der Waals surface area (Å²) < 4.78 is 6.35. The smallest absolute Gasteiger partial charge is 0.220 e. The number of carbonyl (C=O) groups is 2. The van der Waals surface area contributed by atoms with Crippen molar-refractivity contribution in [1.82, 2.24) is 10.3 Å². The largest absolute Gasteiger partial charge is 0.491 e. The van der Waals surface area contributed by atoms with Crippen molar-refractivity contribution in [3.63, 3.8) is 0 Å². The molecule has 1 amide bonds. The number of thiophene rings is 1. The second-order valence-corrected chi connectivity index (χ2v) is 7.63. The molecule has 1 aromatic carbocycles. The van der Waals surface area contributed by atoms with Crippen molar-refractivity contribution in [2.24, 2.45) is 0 Å². The van der Waals surface area contributed by atoms with E-state index in [0.29, 0.717) is 28.8 Å². The number of halogens is 1. The molecule has 0 saturated heterocycles. The van der Waals surface area contributed by atoms with Crippen LogP contribution in [0.2, 0.25) is 4.34 Å². The van der Waals surface area contributed by atoms with Crippen LogP contribution in [0.3, 0.4) is 0 Å². The van der Waals surface area contributed by atoms with Crippen LogP contribution in [-0.2, 0) is 4.79 Å². The number of carbonyl (C=O) groups excluding carboxylic acids is 2. The molecule has 140 valence electrons. The Labute approximate surface area is 166 Å². The molecule has 0 atom stereocenters. The minimum atomic E-state index is -0.141. The number of aromatic nitrogens is 1. The van der Waals surface area contributed by atoms with Crippen molar-refractivity contribution in [3.05, 3.63) is 57.9 Å². The number of ketones is 1. The molecule has 3 aromatic rings. The molecule has 2 aromatic heterocycles. The van der Waals surface area contributed by atoms with Gasteiger partial charge in [0.1, 0.15) is 11.3 Å². The number of hydrogen-bond acceptors (Lipinski definition) is 5. The topological polar surface area (TPSA) is 68.3 Å². The molecule has 0 aliphatic carbocycles. The Hall–Kier alpha value is -2.44. The number of benzene rings is 1. The molecule has 0 aliphatic heterocycles. The highest BCUT2D eigenvalue weighted by atomic mass is 35.5. The van der Waals surface area contributed by atoms with Crippen LogP contribution < -0.4 is 10.1 Å². The highest BCUT2D eigenvalue weighted by molar-refractivity contribution is 7.18. The van der Waals surface area contributed by atoms with Crippen molar-refractivity contribution in [1.29, 1.82) is 0 Å². The molecule has 27 heavy (non-hydrogen) atoms. The van der Waals surface area contributed by atoms with Gasteiger partial charge in [0.05, 0.1) is 15.8 Å². The normalized spacial score (nSPS) is 10.7. The van der Waals surface area contributed by atoms with Gasteiger partial charge in [-0.05, 0) is 30.7 Å². The van der Waals surface area contributed by atoms with Crippen LogP contribution in [0.4, 0.5) is 0 Å². The number of fused-ring (bicyclic) bond motifs is 1. The summed E-state index contributed by atoms with van der Waals surface area (Å²) in [6, 6.07) is 13.0. The molecule has 0 fully saturated rings. The SMILES string of the molecule is O=C(CCC(=O)c1ccc(Cl)s1)NCCCOc1cccc2cccnc12. The number of Topliss-reactive ketones (excluding diaryl/α,β-unsaturated/α-hetero) is 1. The molecule has 0 aliphatic rings. The Morgan fingerprint density at radius 3 is 2.78 bits per heavy atom. The van der Waals surface area contributed by atoms with Crippen LogP contribution in [0.15, 0.2) is 48.7 Å². The van der Waals surface area contributed by atoms with E-state index in [1.165, 1.54) is 11.3 Å². The Balaban J connectivity index is 1.35. The number of rotatable bonds is 9. The maximum atomic E-state index is 11.9. The van der Waals surface area contributed by atoms with Crippen LogP contribution >= 0.6 is 22.9 Å². The number of ether oxygens (including phenoxy) is 1. The molecular formula is C20H19ClN2O3S. The Morgan fingerprint density at radius 1 is 1.11 bits per heavy atom. The van der Waals surface area contributed by atoms with Crippen molar-refractivity contribution < 1.29 is 14.3 Å². The maximum absolute atomic E-state index is 11.9. The molecule has 1 N–H and O–H groups in total. The molecule has 0 spiro atoms. The third kappa shape index (κ3) is 5.52. The van der Waals surface area contributed by atoms with Gasteiger partial charge in [0.25, 0.3) is 0 Å². The van der Waals surface area contributed by atoms with E-state index in [2.05, 4.69) is 10.3 Å². The first-order valence-corrected chi connectivity index (χ1v) is 9.85. The summed E-state index contributed by atoms with van der Waals surface area (Å²) in [5.41, 5.74) is 0.830. The molecular weight excluding hydrogens is 384 g/mol. The van der Waals surface area contributed by atoms with Gasteiger partial charge >= 0.3 is 0 Å². The molecule has 7 heteroatoms. The second-order valence-electron chi connectivity index (χ2n) is 5.91. The van der Waals surface area contributed by atoms with Crippen LogP contribution in [-0.4, -0.2) is 29.8 Å². The average Bonchev–Trinajstić information content (AvgIpc) is 3.12. The number of nitrogens with one attached hydrogen (secondary N) is 1. The Morgan fingerprint density at radius 2 is 1.96 bits per heavy atom. The quantitative estimate of drug-likeness (QED) is 0.422. The number of nitrogens with zero attached hydrogens (tertiary/aromatic N) is 1. The molecule has 0 bridgehead atoms. The summed E-state index contributed by atoms with van der Waals surface area (Å²) in [7, 11) is 0. The lowest BCUT2D eigenvalue weighted by atomic mass is 10.2. The average molecular weight is 403 g/mol. The van der Waals surface area contributed by atoms with Crippen molar-refractivity contribution >= 4 is 45.5 Å². The van der Waals surface area contributed by atoms with Crippen LogP contribution in [0.25, 0.3) is 10.9 Å². The van der Waals surface area contributed by atoms with Crippen molar-refractivity contribution in [2.75, 3.05) is 13.2 Å². The lowest BCUT2D eigenvalue weighted by molar-refractivity contribution is -0.121. The van der Waals surface area contributed by atoms with Crippen LogP contribution in [0, 0.1) is 0 Å². The Bertz CT molecular complexity index is 936. The number of amides is 1. The third-order valence-corrected chi connectivity index (χ3v) is 5.20. The zero-order valence-electron chi connectivity index (χ0n) is 14.6.